The normalized spacial score (nSPS) is 16.3. The molecule has 3 rings (SSSR count). The van der Waals surface area contributed by atoms with Crippen LogP contribution in [0, 0.1) is 0 Å². The molecule has 0 N–H and O–H groups in total. The van der Waals surface area contributed by atoms with Crippen molar-refractivity contribution in [3.63, 3.8) is 0 Å². The van der Waals surface area contributed by atoms with Gasteiger partial charge in [-0.1, -0.05) is 29.8 Å². The van der Waals surface area contributed by atoms with E-state index in [1.54, 1.807) is 6.26 Å². The zero-order valence-corrected chi connectivity index (χ0v) is 11.0. The Morgan fingerprint density at radius 2 is 1.94 bits per heavy atom. The fraction of sp³-hybridized carbons (Fsp3) is 0.333. The number of hydrogen-bond acceptors (Lipinski definition) is 2. The molecule has 0 saturated heterocycles. The van der Waals surface area contributed by atoms with Gasteiger partial charge in [-0.05, 0) is 29.7 Å². The highest BCUT2D eigenvalue weighted by molar-refractivity contribution is 6.31. The van der Waals surface area contributed by atoms with Crippen LogP contribution in [0.1, 0.15) is 16.9 Å². The molecule has 0 spiro atoms. The van der Waals surface area contributed by atoms with E-state index in [2.05, 4.69) is 17.0 Å². The Bertz CT molecular complexity index is 512. The maximum Gasteiger partial charge on any atom is 0.108 e. The molecule has 0 bridgehead atoms. The van der Waals surface area contributed by atoms with E-state index in [4.69, 9.17) is 16.0 Å². The third-order valence-corrected chi connectivity index (χ3v) is 3.91. The molecule has 1 aliphatic rings. The number of nitrogens with zero attached hydrogens (tertiary/aromatic N) is 1. The summed E-state index contributed by atoms with van der Waals surface area (Å²) in [4.78, 5) is 2.44. The van der Waals surface area contributed by atoms with Crippen LogP contribution in [0.5, 0.6) is 0 Å². The monoisotopic (exact) mass is 261 g/mol. The Morgan fingerprint density at radius 3 is 2.83 bits per heavy atom. The average molecular weight is 262 g/mol. The first-order valence-electron chi connectivity index (χ1n) is 6.34. The molecule has 2 nitrogen and oxygen atoms in total. The van der Waals surface area contributed by atoms with Crippen LogP contribution in [0.25, 0.3) is 0 Å². The largest absolute Gasteiger partial charge is 0.469 e. The van der Waals surface area contributed by atoms with E-state index < -0.39 is 0 Å². The van der Waals surface area contributed by atoms with E-state index in [9.17, 15) is 0 Å². The Labute approximate surface area is 112 Å². The standard InChI is InChI=1S/C15H16ClNO/c16-14-4-2-1-3-13(14)11-17-8-5-12-7-10-18-15(12)6-9-17/h1-4,7,10H,5-6,8-9,11H2. The van der Waals surface area contributed by atoms with E-state index in [1.165, 1.54) is 11.1 Å². The minimum Gasteiger partial charge on any atom is -0.469 e. The minimum absolute atomic E-state index is 0.860. The van der Waals surface area contributed by atoms with Gasteiger partial charge in [0.1, 0.15) is 5.76 Å². The summed E-state index contributed by atoms with van der Waals surface area (Å²) < 4.78 is 5.51. The zero-order chi connectivity index (χ0) is 12.4. The summed E-state index contributed by atoms with van der Waals surface area (Å²) in [6.45, 7) is 3.02. The maximum absolute atomic E-state index is 6.21. The highest BCUT2D eigenvalue weighted by Gasteiger charge is 2.16. The van der Waals surface area contributed by atoms with Gasteiger partial charge in [0, 0.05) is 31.1 Å². The minimum atomic E-state index is 0.860. The molecule has 0 aliphatic carbocycles. The van der Waals surface area contributed by atoms with E-state index in [0.29, 0.717) is 0 Å². The van der Waals surface area contributed by atoms with Gasteiger partial charge in [0.05, 0.1) is 6.26 Å². The number of fused-ring (bicyclic) bond motifs is 1. The van der Waals surface area contributed by atoms with Gasteiger partial charge in [0.2, 0.25) is 0 Å². The summed E-state index contributed by atoms with van der Waals surface area (Å²) in [5.74, 6) is 1.15. The van der Waals surface area contributed by atoms with Gasteiger partial charge < -0.3 is 4.42 Å². The summed E-state index contributed by atoms with van der Waals surface area (Å²) in [5, 5.41) is 0.860. The maximum atomic E-state index is 6.21. The van der Waals surface area contributed by atoms with Crippen molar-refractivity contribution in [2.75, 3.05) is 13.1 Å². The predicted molar refractivity (Wildman–Crippen MR) is 72.8 cm³/mol. The van der Waals surface area contributed by atoms with Gasteiger partial charge in [-0.25, -0.2) is 0 Å². The molecule has 0 radical (unpaired) electrons. The Morgan fingerprint density at radius 1 is 1.11 bits per heavy atom. The van der Waals surface area contributed by atoms with E-state index in [0.717, 1.165) is 43.3 Å². The molecule has 94 valence electrons. The molecule has 1 aromatic heterocycles. The summed E-state index contributed by atoms with van der Waals surface area (Å²) in [6, 6.07) is 10.2. The van der Waals surface area contributed by atoms with Crippen LogP contribution in [0.4, 0.5) is 0 Å². The van der Waals surface area contributed by atoms with Crippen molar-refractivity contribution in [3.8, 4) is 0 Å². The summed E-state index contributed by atoms with van der Waals surface area (Å²) in [5.41, 5.74) is 2.56. The number of furan rings is 1. The fourth-order valence-corrected chi connectivity index (χ4v) is 2.68. The van der Waals surface area contributed by atoms with Gasteiger partial charge in [-0.15, -0.1) is 0 Å². The van der Waals surface area contributed by atoms with Crippen molar-refractivity contribution in [3.05, 3.63) is 58.5 Å². The Kier molecular flexibility index (Phi) is 3.39. The predicted octanol–water partition coefficient (Wildman–Crippen LogP) is 3.53. The molecule has 2 heterocycles. The van der Waals surface area contributed by atoms with Crippen molar-refractivity contribution >= 4 is 11.6 Å². The first-order valence-corrected chi connectivity index (χ1v) is 6.72. The van der Waals surface area contributed by atoms with E-state index in [1.807, 2.05) is 18.2 Å². The van der Waals surface area contributed by atoms with Crippen molar-refractivity contribution in [1.82, 2.24) is 4.90 Å². The van der Waals surface area contributed by atoms with Gasteiger partial charge in [-0.3, -0.25) is 4.90 Å². The molecule has 2 aromatic rings. The fourth-order valence-electron chi connectivity index (χ4n) is 2.48. The second kappa shape index (κ2) is 5.17. The van der Waals surface area contributed by atoms with Gasteiger partial charge in [0.25, 0.3) is 0 Å². The van der Waals surface area contributed by atoms with Gasteiger partial charge >= 0.3 is 0 Å². The number of benzene rings is 1. The number of hydrogen-bond donors (Lipinski definition) is 0. The lowest BCUT2D eigenvalue weighted by Gasteiger charge is -2.20. The molecule has 18 heavy (non-hydrogen) atoms. The van der Waals surface area contributed by atoms with E-state index >= 15 is 0 Å². The number of rotatable bonds is 2. The van der Waals surface area contributed by atoms with Crippen molar-refractivity contribution in [2.45, 2.75) is 19.4 Å². The molecular weight excluding hydrogens is 246 g/mol. The summed E-state index contributed by atoms with van der Waals surface area (Å²) in [7, 11) is 0. The van der Waals surface area contributed by atoms with Gasteiger partial charge in [-0.2, -0.15) is 0 Å². The Hall–Kier alpha value is -1.25. The SMILES string of the molecule is Clc1ccccc1CN1CCc2ccoc2CC1. The second-order valence-corrected chi connectivity index (χ2v) is 5.14. The van der Waals surface area contributed by atoms with E-state index in [-0.39, 0.29) is 0 Å². The Balaban J connectivity index is 1.69. The molecule has 0 fully saturated rings. The van der Waals surface area contributed by atoms with Gasteiger partial charge in [0.15, 0.2) is 0 Å². The lowest BCUT2D eigenvalue weighted by Crippen LogP contribution is -2.26. The molecule has 0 unspecified atom stereocenters. The van der Waals surface area contributed by atoms with Crippen LogP contribution in [0.3, 0.4) is 0 Å². The molecule has 0 saturated carbocycles. The lowest BCUT2D eigenvalue weighted by atomic mass is 10.2. The van der Waals surface area contributed by atoms with Crippen molar-refractivity contribution < 1.29 is 4.42 Å². The van der Waals surface area contributed by atoms with Crippen molar-refractivity contribution in [1.29, 1.82) is 0 Å². The van der Waals surface area contributed by atoms with Crippen LogP contribution in [0.15, 0.2) is 41.0 Å². The summed E-state index contributed by atoms with van der Waals surface area (Å²) in [6.07, 6.45) is 3.86. The second-order valence-electron chi connectivity index (χ2n) is 4.74. The molecule has 0 atom stereocenters. The molecule has 1 aromatic carbocycles. The smallest absolute Gasteiger partial charge is 0.108 e. The average Bonchev–Trinajstić information content (AvgIpc) is 2.75. The van der Waals surface area contributed by atoms with Crippen molar-refractivity contribution in [2.24, 2.45) is 0 Å². The zero-order valence-electron chi connectivity index (χ0n) is 10.2. The first kappa shape index (κ1) is 11.8. The first-order chi connectivity index (χ1) is 8.83. The molecule has 3 heteroatoms. The lowest BCUT2D eigenvalue weighted by molar-refractivity contribution is 0.275. The molecular formula is C15H16ClNO. The van der Waals surface area contributed by atoms with Crippen LogP contribution in [-0.2, 0) is 19.4 Å². The quantitative estimate of drug-likeness (QED) is 0.822. The topological polar surface area (TPSA) is 16.4 Å². The highest BCUT2D eigenvalue weighted by atomic mass is 35.5. The third kappa shape index (κ3) is 2.45. The third-order valence-electron chi connectivity index (χ3n) is 3.54. The number of halogens is 1. The van der Waals surface area contributed by atoms with Crippen LogP contribution < -0.4 is 0 Å². The molecule has 0 amide bonds. The van der Waals surface area contributed by atoms with Crippen LogP contribution in [-0.4, -0.2) is 18.0 Å². The van der Waals surface area contributed by atoms with Crippen LogP contribution in [0.2, 0.25) is 5.02 Å². The highest BCUT2D eigenvalue weighted by Crippen LogP contribution is 2.21. The van der Waals surface area contributed by atoms with Crippen LogP contribution >= 0.6 is 11.6 Å². The summed E-state index contributed by atoms with van der Waals surface area (Å²) >= 11 is 6.21. The molecule has 1 aliphatic heterocycles.